The number of carboxylic acid groups (broad SMARTS) is 1. The van der Waals surface area contributed by atoms with Crippen LogP contribution in [0.3, 0.4) is 0 Å². The van der Waals surface area contributed by atoms with Crippen LogP contribution in [0.5, 0.6) is 0 Å². The van der Waals surface area contributed by atoms with Crippen molar-refractivity contribution in [3.05, 3.63) is 0 Å². The first-order chi connectivity index (χ1) is 8.85. The van der Waals surface area contributed by atoms with Gasteiger partial charge in [-0.1, -0.05) is 13.8 Å². The molecule has 2 rings (SSSR count). The summed E-state index contributed by atoms with van der Waals surface area (Å²) in [6.07, 6.45) is 1.58. The highest BCUT2D eigenvalue weighted by Crippen LogP contribution is 2.51. The Kier molecular flexibility index (Phi) is 3.71. The van der Waals surface area contributed by atoms with E-state index in [-0.39, 0.29) is 24.4 Å². The molecule has 0 aromatic heterocycles. The van der Waals surface area contributed by atoms with Crippen molar-refractivity contribution in [2.24, 2.45) is 11.3 Å². The van der Waals surface area contributed by atoms with Gasteiger partial charge < -0.3 is 20.4 Å². The Bertz CT molecular complexity index is 379. The van der Waals surface area contributed by atoms with E-state index in [4.69, 9.17) is 5.11 Å². The molecule has 0 spiro atoms. The van der Waals surface area contributed by atoms with Crippen LogP contribution >= 0.6 is 0 Å². The smallest absolute Gasteiger partial charge is 0.326 e. The molecule has 2 aliphatic rings. The zero-order valence-electron chi connectivity index (χ0n) is 11.4. The van der Waals surface area contributed by atoms with Gasteiger partial charge in [0, 0.05) is 19.5 Å². The standard InChI is InChI=1S/C13H22N2O4/c1-8(2)13(3-4-13)7-14-12(19)15-6-9(16)5-10(15)11(17)18/h8-10,16H,3-7H2,1-2H3,(H,14,19)(H,17,18)/t9-,10-/m0/s1. The topological polar surface area (TPSA) is 89.9 Å². The number of aliphatic hydroxyl groups is 1. The highest BCUT2D eigenvalue weighted by Gasteiger charge is 2.46. The first-order valence-electron chi connectivity index (χ1n) is 6.81. The van der Waals surface area contributed by atoms with E-state index in [1.54, 1.807) is 0 Å². The maximum Gasteiger partial charge on any atom is 0.326 e. The quantitative estimate of drug-likeness (QED) is 0.699. The van der Waals surface area contributed by atoms with Crippen LogP contribution in [-0.4, -0.2) is 52.3 Å². The minimum absolute atomic E-state index is 0.0947. The monoisotopic (exact) mass is 270 g/mol. The molecule has 3 N–H and O–H groups in total. The Morgan fingerprint density at radius 3 is 2.53 bits per heavy atom. The van der Waals surface area contributed by atoms with Crippen molar-refractivity contribution in [2.75, 3.05) is 13.1 Å². The van der Waals surface area contributed by atoms with Gasteiger partial charge in [0.1, 0.15) is 6.04 Å². The van der Waals surface area contributed by atoms with Gasteiger partial charge in [-0.2, -0.15) is 0 Å². The maximum atomic E-state index is 12.0. The van der Waals surface area contributed by atoms with Crippen molar-refractivity contribution in [1.82, 2.24) is 10.2 Å². The number of carbonyl (C=O) groups is 2. The predicted molar refractivity (Wildman–Crippen MR) is 68.7 cm³/mol. The Hall–Kier alpha value is -1.30. The molecule has 0 unspecified atom stereocenters. The molecule has 0 aromatic rings. The molecule has 1 saturated heterocycles. The van der Waals surface area contributed by atoms with Crippen molar-refractivity contribution >= 4 is 12.0 Å². The number of aliphatic hydroxyl groups excluding tert-OH is 1. The Morgan fingerprint density at radius 2 is 2.05 bits per heavy atom. The molecular formula is C13H22N2O4. The van der Waals surface area contributed by atoms with Gasteiger partial charge in [-0.05, 0) is 24.2 Å². The van der Waals surface area contributed by atoms with E-state index < -0.39 is 18.1 Å². The number of urea groups is 1. The molecular weight excluding hydrogens is 248 g/mol. The fourth-order valence-electron chi connectivity index (χ4n) is 2.74. The predicted octanol–water partition coefficient (Wildman–Crippen LogP) is 0.652. The summed E-state index contributed by atoms with van der Waals surface area (Å²) in [5.74, 6) is -0.552. The summed E-state index contributed by atoms with van der Waals surface area (Å²) in [4.78, 5) is 24.3. The Balaban J connectivity index is 1.91. The van der Waals surface area contributed by atoms with Crippen molar-refractivity contribution in [3.8, 4) is 0 Å². The molecule has 0 radical (unpaired) electrons. The average Bonchev–Trinajstić information content (AvgIpc) is 3.02. The van der Waals surface area contributed by atoms with Crippen LogP contribution < -0.4 is 5.32 Å². The van der Waals surface area contributed by atoms with Gasteiger partial charge in [-0.3, -0.25) is 0 Å². The van der Waals surface area contributed by atoms with Crippen LogP contribution in [-0.2, 0) is 4.79 Å². The van der Waals surface area contributed by atoms with Crippen molar-refractivity contribution < 1.29 is 19.8 Å². The highest BCUT2D eigenvalue weighted by molar-refractivity contribution is 5.83. The third kappa shape index (κ3) is 2.83. The molecule has 1 saturated carbocycles. The van der Waals surface area contributed by atoms with Gasteiger partial charge >= 0.3 is 12.0 Å². The van der Waals surface area contributed by atoms with E-state index in [9.17, 15) is 14.7 Å². The molecule has 2 amide bonds. The molecule has 1 aliphatic heterocycles. The normalized spacial score (nSPS) is 28.5. The number of likely N-dealkylation sites (tertiary alicyclic amines) is 1. The molecule has 2 atom stereocenters. The summed E-state index contributed by atoms with van der Waals surface area (Å²) >= 11 is 0. The maximum absolute atomic E-state index is 12.0. The van der Waals surface area contributed by atoms with E-state index in [0.717, 1.165) is 12.8 Å². The summed E-state index contributed by atoms with van der Waals surface area (Å²) in [5, 5.41) is 21.4. The van der Waals surface area contributed by atoms with E-state index >= 15 is 0 Å². The first-order valence-corrected chi connectivity index (χ1v) is 6.81. The number of carbonyl (C=O) groups excluding carboxylic acids is 1. The first kappa shape index (κ1) is 14.1. The lowest BCUT2D eigenvalue weighted by molar-refractivity contribution is -0.141. The molecule has 6 nitrogen and oxygen atoms in total. The number of amides is 2. The van der Waals surface area contributed by atoms with Crippen LogP contribution in [0.15, 0.2) is 0 Å². The van der Waals surface area contributed by atoms with Crippen molar-refractivity contribution in [3.63, 3.8) is 0 Å². The summed E-state index contributed by atoms with van der Waals surface area (Å²) in [6, 6.07) is -1.29. The lowest BCUT2D eigenvalue weighted by Crippen LogP contribution is -2.47. The lowest BCUT2D eigenvalue weighted by atomic mass is 9.92. The summed E-state index contributed by atoms with van der Waals surface area (Å²) in [7, 11) is 0. The average molecular weight is 270 g/mol. The van der Waals surface area contributed by atoms with Crippen LogP contribution in [0.4, 0.5) is 4.79 Å². The lowest BCUT2D eigenvalue weighted by Gasteiger charge is -2.25. The molecule has 19 heavy (non-hydrogen) atoms. The second kappa shape index (κ2) is 5.00. The third-order valence-corrected chi connectivity index (χ3v) is 4.53. The third-order valence-electron chi connectivity index (χ3n) is 4.53. The number of carboxylic acids is 1. The van der Waals surface area contributed by atoms with Gasteiger partial charge in [0.25, 0.3) is 0 Å². The second-order valence-corrected chi connectivity index (χ2v) is 6.07. The fourth-order valence-corrected chi connectivity index (χ4v) is 2.74. The van der Waals surface area contributed by atoms with Crippen molar-refractivity contribution in [1.29, 1.82) is 0 Å². The number of hydrogen-bond donors (Lipinski definition) is 3. The molecule has 2 fully saturated rings. The van der Waals surface area contributed by atoms with Gasteiger partial charge in [0.2, 0.25) is 0 Å². The van der Waals surface area contributed by atoms with E-state index in [0.29, 0.717) is 12.5 Å². The highest BCUT2D eigenvalue weighted by atomic mass is 16.4. The molecule has 1 heterocycles. The van der Waals surface area contributed by atoms with Gasteiger partial charge in [0.15, 0.2) is 0 Å². The summed E-state index contributed by atoms with van der Waals surface area (Å²) in [6.45, 7) is 4.96. The van der Waals surface area contributed by atoms with Crippen molar-refractivity contribution in [2.45, 2.75) is 45.3 Å². The summed E-state index contributed by atoms with van der Waals surface area (Å²) in [5.41, 5.74) is 0.187. The number of nitrogens with one attached hydrogen (secondary N) is 1. The zero-order chi connectivity index (χ0) is 14.2. The number of rotatable bonds is 4. The molecule has 0 aromatic carbocycles. The Labute approximate surface area is 112 Å². The minimum Gasteiger partial charge on any atom is -0.480 e. The number of aliphatic carboxylic acids is 1. The number of β-amino-alcohol motifs (C(OH)–C–C–N with tert-alkyl or cyclic N) is 1. The summed E-state index contributed by atoms with van der Waals surface area (Å²) < 4.78 is 0. The number of nitrogens with zero attached hydrogens (tertiary/aromatic N) is 1. The molecule has 0 bridgehead atoms. The van der Waals surface area contributed by atoms with Gasteiger partial charge in [-0.15, -0.1) is 0 Å². The molecule has 6 heteroatoms. The SMILES string of the molecule is CC(C)C1(CNC(=O)N2C[C@@H](O)C[C@H]2C(=O)O)CC1. The van der Waals surface area contributed by atoms with Crippen LogP contribution in [0.1, 0.15) is 33.1 Å². The van der Waals surface area contributed by atoms with Crippen LogP contribution in [0.25, 0.3) is 0 Å². The molecule has 108 valence electrons. The molecule has 1 aliphatic carbocycles. The van der Waals surface area contributed by atoms with Gasteiger partial charge in [0.05, 0.1) is 6.10 Å². The zero-order valence-corrected chi connectivity index (χ0v) is 11.4. The van der Waals surface area contributed by atoms with Crippen LogP contribution in [0, 0.1) is 11.3 Å². The van der Waals surface area contributed by atoms with E-state index in [2.05, 4.69) is 19.2 Å². The minimum atomic E-state index is -1.06. The van der Waals surface area contributed by atoms with Crippen LogP contribution in [0.2, 0.25) is 0 Å². The number of hydrogen-bond acceptors (Lipinski definition) is 3. The Morgan fingerprint density at radius 1 is 1.42 bits per heavy atom. The second-order valence-electron chi connectivity index (χ2n) is 6.07. The van der Waals surface area contributed by atoms with Gasteiger partial charge in [-0.25, -0.2) is 9.59 Å². The largest absolute Gasteiger partial charge is 0.480 e. The van der Waals surface area contributed by atoms with E-state index in [1.807, 2.05) is 0 Å². The fraction of sp³-hybridized carbons (Fsp3) is 0.846. The van der Waals surface area contributed by atoms with E-state index in [1.165, 1.54) is 4.90 Å².